The van der Waals surface area contributed by atoms with E-state index >= 15 is 0 Å². The van der Waals surface area contributed by atoms with Crippen molar-refractivity contribution in [3.8, 4) is 0 Å². The van der Waals surface area contributed by atoms with Gasteiger partial charge in [-0.05, 0) is 38.8 Å². The van der Waals surface area contributed by atoms with E-state index in [0.29, 0.717) is 0 Å². The van der Waals surface area contributed by atoms with E-state index in [9.17, 15) is 4.79 Å². The quantitative estimate of drug-likeness (QED) is 0.795. The normalized spacial score (nSPS) is 24.6. The summed E-state index contributed by atoms with van der Waals surface area (Å²) in [7, 11) is 0. The van der Waals surface area contributed by atoms with E-state index in [1.54, 1.807) is 0 Å². The Labute approximate surface area is 103 Å². The average Bonchev–Trinajstić information content (AvgIpc) is 2.27. The molecule has 1 saturated carbocycles. The Morgan fingerprint density at radius 3 is 2.29 bits per heavy atom. The molecule has 2 atom stereocenters. The molecular formula is C15H21NO. The minimum Gasteiger partial charge on any atom is -0.327 e. The largest absolute Gasteiger partial charge is 0.327 e. The van der Waals surface area contributed by atoms with Crippen LogP contribution in [0.1, 0.15) is 47.2 Å². The van der Waals surface area contributed by atoms with Crippen molar-refractivity contribution in [2.45, 2.75) is 45.6 Å². The maximum Gasteiger partial charge on any atom is 0.167 e. The zero-order chi connectivity index (χ0) is 12.4. The van der Waals surface area contributed by atoms with Gasteiger partial charge in [-0.1, -0.05) is 30.0 Å². The van der Waals surface area contributed by atoms with Crippen LogP contribution in [-0.2, 0) is 0 Å². The number of ketones is 1. The number of rotatable bonds is 2. The van der Waals surface area contributed by atoms with Gasteiger partial charge in [0, 0.05) is 17.5 Å². The third kappa shape index (κ3) is 2.75. The van der Waals surface area contributed by atoms with Gasteiger partial charge in [-0.25, -0.2) is 0 Å². The van der Waals surface area contributed by atoms with Crippen molar-refractivity contribution >= 4 is 5.78 Å². The molecule has 0 radical (unpaired) electrons. The van der Waals surface area contributed by atoms with Crippen LogP contribution in [0.25, 0.3) is 0 Å². The van der Waals surface area contributed by atoms with Crippen LogP contribution in [0.3, 0.4) is 0 Å². The number of hydrogen-bond acceptors (Lipinski definition) is 2. The number of Topliss-reactive ketones (excluding diaryl/α,β-unsaturated/α-hetero) is 1. The SMILES string of the molecule is Cc1cc(C)cc(C(=O)C2CCCCC2N)c1. The highest BCUT2D eigenvalue weighted by Crippen LogP contribution is 2.26. The second-order valence-corrected chi connectivity index (χ2v) is 5.30. The number of carbonyl (C=O) groups is 1. The summed E-state index contributed by atoms with van der Waals surface area (Å²) < 4.78 is 0. The Bertz CT molecular complexity index is 405. The molecule has 0 saturated heterocycles. The monoisotopic (exact) mass is 231 g/mol. The molecule has 0 heterocycles. The van der Waals surface area contributed by atoms with Gasteiger partial charge < -0.3 is 5.73 Å². The molecule has 92 valence electrons. The Kier molecular flexibility index (Phi) is 3.63. The Morgan fingerprint density at radius 2 is 1.71 bits per heavy atom. The van der Waals surface area contributed by atoms with Gasteiger partial charge in [-0.2, -0.15) is 0 Å². The molecule has 17 heavy (non-hydrogen) atoms. The van der Waals surface area contributed by atoms with Gasteiger partial charge in [0.15, 0.2) is 5.78 Å². The first kappa shape index (κ1) is 12.3. The predicted octanol–water partition coefficient (Wildman–Crippen LogP) is 3.00. The summed E-state index contributed by atoms with van der Waals surface area (Å²) in [6.45, 7) is 4.06. The first-order chi connectivity index (χ1) is 8.08. The highest BCUT2D eigenvalue weighted by Gasteiger charge is 2.28. The lowest BCUT2D eigenvalue weighted by atomic mass is 9.80. The van der Waals surface area contributed by atoms with Gasteiger partial charge in [0.25, 0.3) is 0 Å². The summed E-state index contributed by atoms with van der Waals surface area (Å²) in [5.41, 5.74) is 9.21. The highest BCUT2D eigenvalue weighted by atomic mass is 16.1. The van der Waals surface area contributed by atoms with Crippen LogP contribution in [-0.4, -0.2) is 11.8 Å². The zero-order valence-corrected chi connectivity index (χ0v) is 10.7. The van der Waals surface area contributed by atoms with Crippen molar-refractivity contribution < 1.29 is 4.79 Å². The fourth-order valence-corrected chi connectivity index (χ4v) is 2.82. The molecule has 2 nitrogen and oxygen atoms in total. The number of aryl methyl sites for hydroxylation is 2. The predicted molar refractivity (Wildman–Crippen MR) is 70.2 cm³/mol. The van der Waals surface area contributed by atoms with Crippen LogP contribution >= 0.6 is 0 Å². The third-order valence-electron chi connectivity index (χ3n) is 3.66. The lowest BCUT2D eigenvalue weighted by Gasteiger charge is -2.27. The molecule has 1 fully saturated rings. The summed E-state index contributed by atoms with van der Waals surface area (Å²) in [6, 6.07) is 6.11. The summed E-state index contributed by atoms with van der Waals surface area (Å²) in [5, 5.41) is 0. The second-order valence-electron chi connectivity index (χ2n) is 5.30. The summed E-state index contributed by atoms with van der Waals surface area (Å²) in [6.07, 6.45) is 4.24. The summed E-state index contributed by atoms with van der Waals surface area (Å²) in [5.74, 6) is 0.272. The van der Waals surface area contributed by atoms with Crippen molar-refractivity contribution in [2.75, 3.05) is 0 Å². The topological polar surface area (TPSA) is 43.1 Å². The molecule has 2 unspecified atom stereocenters. The van der Waals surface area contributed by atoms with Gasteiger partial charge in [-0.15, -0.1) is 0 Å². The number of hydrogen-bond donors (Lipinski definition) is 1. The molecule has 1 aromatic rings. The van der Waals surface area contributed by atoms with Gasteiger partial charge in [0.1, 0.15) is 0 Å². The molecule has 1 aromatic carbocycles. The first-order valence-corrected chi connectivity index (χ1v) is 6.46. The standard InChI is InChI=1S/C15H21NO/c1-10-7-11(2)9-12(8-10)15(17)13-5-3-4-6-14(13)16/h7-9,13-14H,3-6,16H2,1-2H3. The van der Waals surface area contributed by atoms with E-state index in [4.69, 9.17) is 5.73 Å². The van der Waals surface area contributed by atoms with Crippen molar-refractivity contribution in [3.05, 3.63) is 34.9 Å². The number of nitrogens with two attached hydrogens (primary N) is 1. The molecule has 0 bridgehead atoms. The molecular weight excluding hydrogens is 210 g/mol. The third-order valence-corrected chi connectivity index (χ3v) is 3.66. The number of carbonyl (C=O) groups excluding carboxylic acids is 1. The van der Waals surface area contributed by atoms with Crippen molar-refractivity contribution in [1.29, 1.82) is 0 Å². The zero-order valence-electron chi connectivity index (χ0n) is 10.7. The first-order valence-electron chi connectivity index (χ1n) is 6.46. The Hall–Kier alpha value is -1.15. The molecule has 0 amide bonds. The van der Waals surface area contributed by atoms with Gasteiger partial charge >= 0.3 is 0 Å². The van der Waals surface area contributed by atoms with Gasteiger partial charge in [-0.3, -0.25) is 4.79 Å². The van der Waals surface area contributed by atoms with E-state index < -0.39 is 0 Å². The van der Waals surface area contributed by atoms with Crippen LogP contribution in [0.5, 0.6) is 0 Å². The molecule has 0 spiro atoms. The maximum atomic E-state index is 12.4. The maximum absolute atomic E-state index is 12.4. The van der Waals surface area contributed by atoms with Crippen molar-refractivity contribution in [1.82, 2.24) is 0 Å². The van der Waals surface area contributed by atoms with Crippen LogP contribution < -0.4 is 5.73 Å². The summed E-state index contributed by atoms with van der Waals surface area (Å²) in [4.78, 5) is 12.4. The van der Waals surface area contributed by atoms with E-state index in [1.165, 1.54) is 0 Å². The van der Waals surface area contributed by atoms with Gasteiger partial charge in [0.2, 0.25) is 0 Å². The minimum absolute atomic E-state index is 0.0324. The van der Waals surface area contributed by atoms with Crippen molar-refractivity contribution in [2.24, 2.45) is 11.7 Å². The molecule has 0 aliphatic heterocycles. The summed E-state index contributed by atoms with van der Waals surface area (Å²) >= 11 is 0. The van der Waals surface area contributed by atoms with E-state index in [0.717, 1.165) is 42.4 Å². The fraction of sp³-hybridized carbons (Fsp3) is 0.533. The Morgan fingerprint density at radius 1 is 1.12 bits per heavy atom. The van der Waals surface area contributed by atoms with E-state index in [2.05, 4.69) is 6.07 Å². The molecule has 2 heteroatoms. The van der Waals surface area contributed by atoms with Crippen LogP contribution in [0.15, 0.2) is 18.2 Å². The second kappa shape index (κ2) is 5.01. The average molecular weight is 231 g/mol. The van der Waals surface area contributed by atoms with Crippen LogP contribution in [0.2, 0.25) is 0 Å². The molecule has 1 aliphatic rings. The Balaban J connectivity index is 2.23. The van der Waals surface area contributed by atoms with E-state index in [1.807, 2.05) is 26.0 Å². The van der Waals surface area contributed by atoms with Crippen molar-refractivity contribution in [3.63, 3.8) is 0 Å². The van der Waals surface area contributed by atoms with Crippen LogP contribution in [0, 0.1) is 19.8 Å². The molecule has 2 rings (SSSR count). The highest BCUT2D eigenvalue weighted by molar-refractivity contribution is 5.98. The van der Waals surface area contributed by atoms with Crippen LogP contribution in [0.4, 0.5) is 0 Å². The number of benzene rings is 1. The van der Waals surface area contributed by atoms with E-state index in [-0.39, 0.29) is 17.7 Å². The molecule has 1 aliphatic carbocycles. The lowest BCUT2D eigenvalue weighted by Crippen LogP contribution is -2.38. The van der Waals surface area contributed by atoms with Gasteiger partial charge in [0.05, 0.1) is 0 Å². The smallest absolute Gasteiger partial charge is 0.167 e. The molecule has 0 aromatic heterocycles. The lowest BCUT2D eigenvalue weighted by molar-refractivity contribution is 0.0871. The minimum atomic E-state index is 0.0324. The molecule has 2 N–H and O–H groups in total. The fourth-order valence-electron chi connectivity index (χ4n) is 2.82.